The average molecular weight is 169 g/mol. The second-order valence-corrected chi connectivity index (χ2v) is 2.48. The predicted molar refractivity (Wildman–Crippen MR) is 43.3 cm³/mol. The minimum Gasteiger partial charge on any atom is -0.366 e. The minimum absolute atomic E-state index is 0.0231. The maximum atomic E-state index is 10.8. The van der Waals surface area contributed by atoms with Gasteiger partial charge in [-0.3, -0.25) is 14.4 Å². The fourth-order valence-corrected chi connectivity index (χ4v) is 0.899. The van der Waals surface area contributed by atoms with Gasteiger partial charge >= 0.3 is 0 Å². The van der Waals surface area contributed by atoms with Crippen LogP contribution < -0.4 is 5.73 Å². The van der Waals surface area contributed by atoms with E-state index < -0.39 is 17.5 Å². The molecule has 4 heteroatoms. The second-order valence-electron chi connectivity index (χ2n) is 2.48. The van der Waals surface area contributed by atoms with Crippen LogP contribution >= 0.6 is 0 Å². The lowest BCUT2D eigenvalue weighted by atomic mass is 10.0. The highest BCUT2D eigenvalue weighted by atomic mass is 16.2. The first kappa shape index (κ1) is 10.6. The van der Waals surface area contributed by atoms with Gasteiger partial charge in [-0.05, 0) is 20.8 Å². The van der Waals surface area contributed by atoms with Crippen molar-refractivity contribution in [2.75, 3.05) is 0 Å². The molecule has 2 N–H and O–H groups in total. The second kappa shape index (κ2) is 3.80. The van der Waals surface area contributed by atoms with Crippen molar-refractivity contribution in [3.05, 3.63) is 11.1 Å². The van der Waals surface area contributed by atoms with Crippen molar-refractivity contribution in [1.82, 2.24) is 0 Å². The van der Waals surface area contributed by atoms with Gasteiger partial charge in [0.05, 0.1) is 5.57 Å². The van der Waals surface area contributed by atoms with E-state index in [4.69, 9.17) is 5.73 Å². The quantitative estimate of drug-likeness (QED) is 0.366. The van der Waals surface area contributed by atoms with Crippen molar-refractivity contribution >= 4 is 17.5 Å². The number of nitrogens with two attached hydrogens (primary N) is 1. The molecule has 0 aliphatic carbocycles. The summed E-state index contributed by atoms with van der Waals surface area (Å²) in [4.78, 5) is 32.3. The van der Waals surface area contributed by atoms with Crippen molar-refractivity contribution < 1.29 is 14.4 Å². The van der Waals surface area contributed by atoms with E-state index in [1.807, 2.05) is 0 Å². The molecule has 0 aromatic carbocycles. The maximum absolute atomic E-state index is 10.8. The fraction of sp³-hybridized carbons (Fsp3) is 0.375. The summed E-state index contributed by atoms with van der Waals surface area (Å²) in [5.41, 5.74) is 4.83. The number of primary amides is 1. The van der Waals surface area contributed by atoms with Gasteiger partial charge in [0.1, 0.15) is 0 Å². The van der Waals surface area contributed by atoms with E-state index in [9.17, 15) is 14.4 Å². The Morgan fingerprint density at radius 1 is 0.917 bits per heavy atom. The number of carbonyl (C=O) groups excluding carboxylic acids is 3. The minimum atomic E-state index is -0.740. The molecule has 0 rings (SSSR count). The zero-order chi connectivity index (χ0) is 9.89. The van der Waals surface area contributed by atoms with Gasteiger partial charge in [0.15, 0.2) is 11.6 Å². The highest BCUT2D eigenvalue weighted by molar-refractivity contribution is 6.22. The first-order chi connectivity index (χ1) is 5.37. The Bertz CT molecular complexity index is 260. The molecule has 66 valence electrons. The van der Waals surface area contributed by atoms with E-state index in [-0.39, 0.29) is 11.1 Å². The van der Waals surface area contributed by atoms with Gasteiger partial charge in [0.25, 0.3) is 0 Å². The zero-order valence-corrected chi connectivity index (χ0v) is 7.30. The number of amides is 1. The summed E-state index contributed by atoms with van der Waals surface area (Å²) in [7, 11) is 0. The van der Waals surface area contributed by atoms with Crippen molar-refractivity contribution in [3.63, 3.8) is 0 Å². The van der Waals surface area contributed by atoms with Gasteiger partial charge < -0.3 is 5.73 Å². The zero-order valence-electron chi connectivity index (χ0n) is 7.30. The van der Waals surface area contributed by atoms with Crippen LogP contribution in [-0.2, 0) is 14.4 Å². The van der Waals surface area contributed by atoms with Crippen LogP contribution in [0.2, 0.25) is 0 Å². The van der Waals surface area contributed by atoms with Crippen molar-refractivity contribution in [2.45, 2.75) is 20.8 Å². The molecule has 0 radical (unpaired) electrons. The highest BCUT2D eigenvalue weighted by Crippen LogP contribution is 2.05. The molecule has 0 atom stereocenters. The van der Waals surface area contributed by atoms with Gasteiger partial charge in [-0.15, -0.1) is 0 Å². The summed E-state index contributed by atoms with van der Waals surface area (Å²) < 4.78 is 0. The number of hydrogen-bond acceptors (Lipinski definition) is 3. The van der Waals surface area contributed by atoms with E-state index in [1.165, 1.54) is 20.8 Å². The first-order valence-corrected chi connectivity index (χ1v) is 3.40. The van der Waals surface area contributed by atoms with Gasteiger partial charge in [-0.1, -0.05) is 0 Å². The Morgan fingerprint density at radius 3 is 1.33 bits per heavy atom. The van der Waals surface area contributed by atoms with E-state index in [2.05, 4.69) is 0 Å². The van der Waals surface area contributed by atoms with E-state index >= 15 is 0 Å². The summed E-state index contributed by atoms with van der Waals surface area (Å²) in [6.07, 6.45) is 0. The highest BCUT2D eigenvalue weighted by Gasteiger charge is 2.15. The largest absolute Gasteiger partial charge is 0.366 e. The third-order valence-corrected chi connectivity index (χ3v) is 1.45. The molecule has 0 aromatic heterocycles. The van der Waals surface area contributed by atoms with Crippen LogP contribution in [0.25, 0.3) is 0 Å². The number of ketones is 2. The summed E-state index contributed by atoms with van der Waals surface area (Å²) >= 11 is 0. The number of hydrogen-bond donors (Lipinski definition) is 1. The molecule has 0 bridgehead atoms. The number of Topliss-reactive ketones (excluding diaryl/α,β-unsaturated/α-hetero) is 2. The van der Waals surface area contributed by atoms with Crippen LogP contribution in [-0.4, -0.2) is 17.5 Å². The third kappa shape index (κ3) is 2.30. The van der Waals surface area contributed by atoms with Crippen LogP contribution in [0.4, 0.5) is 0 Å². The Labute approximate surface area is 70.4 Å². The summed E-state index contributed by atoms with van der Waals surface area (Å²) in [5, 5.41) is 0. The van der Waals surface area contributed by atoms with E-state index in [0.717, 1.165) is 0 Å². The Hall–Kier alpha value is -1.45. The molecule has 0 aromatic rings. The van der Waals surface area contributed by atoms with Crippen molar-refractivity contribution in [3.8, 4) is 0 Å². The van der Waals surface area contributed by atoms with Crippen LogP contribution in [0.3, 0.4) is 0 Å². The molecule has 4 nitrogen and oxygen atoms in total. The summed E-state index contributed by atoms with van der Waals surface area (Å²) in [6, 6.07) is 0. The predicted octanol–water partition coefficient (Wildman–Crippen LogP) is -0.0338. The summed E-state index contributed by atoms with van der Waals surface area (Å²) in [5.74, 6) is -1.60. The average Bonchev–Trinajstić information content (AvgIpc) is 1.85. The molecular weight excluding hydrogens is 158 g/mol. The van der Waals surface area contributed by atoms with E-state index in [0.29, 0.717) is 0 Å². The molecule has 12 heavy (non-hydrogen) atoms. The molecule has 0 spiro atoms. The van der Waals surface area contributed by atoms with Crippen LogP contribution in [0.15, 0.2) is 11.1 Å². The van der Waals surface area contributed by atoms with Gasteiger partial charge in [-0.2, -0.15) is 0 Å². The topological polar surface area (TPSA) is 77.2 Å². The van der Waals surface area contributed by atoms with Gasteiger partial charge in [0, 0.05) is 5.57 Å². The molecule has 0 aliphatic rings. The molecule has 0 aliphatic heterocycles. The Morgan fingerprint density at radius 2 is 1.25 bits per heavy atom. The summed E-state index contributed by atoms with van der Waals surface area (Å²) in [6.45, 7) is 3.81. The molecular formula is C8H11NO3. The number of rotatable bonds is 3. The molecule has 0 saturated carbocycles. The first-order valence-electron chi connectivity index (χ1n) is 3.40. The fourth-order valence-electron chi connectivity index (χ4n) is 0.899. The molecule has 0 unspecified atom stereocenters. The smallest absolute Gasteiger partial charge is 0.245 e. The number of allylic oxidation sites excluding steroid dienone is 1. The lowest BCUT2D eigenvalue weighted by molar-refractivity contribution is -0.121. The van der Waals surface area contributed by atoms with Crippen molar-refractivity contribution in [1.29, 1.82) is 0 Å². The van der Waals surface area contributed by atoms with E-state index in [1.54, 1.807) is 0 Å². The van der Waals surface area contributed by atoms with Crippen LogP contribution in [0.5, 0.6) is 0 Å². The standard InChI is InChI=1S/C8H11NO3/c1-4(8(9)12)7(5(2)10)6(3)11/h1-3H3,(H2,9,12). The van der Waals surface area contributed by atoms with Crippen LogP contribution in [0, 0.1) is 0 Å². The van der Waals surface area contributed by atoms with Gasteiger partial charge in [-0.25, -0.2) is 0 Å². The molecule has 0 saturated heterocycles. The van der Waals surface area contributed by atoms with Crippen molar-refractivity contribution in [2.24, 2.45) is 5.73 Å². The third-order valence-electron chi connectivity index (χ3n) is 1.45. The molecule has 0 fully saturated rings. The normalized spacial score (nSPS) is 8.92. The SMILES string of the molecule is CC(=O)C(C(C)=O)=C(C)C(N)=O. The maximum Gasteiger partial charge on any atom is 0.245 e. The van der Waals surface area contributed by atoms with Crippen LogP contribution in [0.1, 0.15) is 20.8 Å². The lowest BCUT2D eigenvalue weighted by Gasteiger charge is -2.01. The Balaban J connectivity index is 5.23. The molecule has 0 heterocycles. The molecule has 1 amide bonds. The number of carbonyl (C=O) groups is 3. The lowest BCUT2D eigenvalue weighted by Crippen LogP contribution is -2.19. The monoisotopic (exact) mass is 169 g/mol. The Kier molecular flexibility index (Phi) is 3.34. The van der Waals surface area contributed by atoms with Gasteiger partial charge in [0.2, 0.25) is 5.91 Å².